The summed E-state index contributed by atoms with van der Waals surface area (Å²) >= 11 is 7.51. The summed E-state index contributed by atoms with van der Waals surface area (Å²) in [5.41, 5.74) is 0. The zero-order valence-electron chi connectivity index (χ0n) is 11.8. The van der Waals surface area contributed by atoms with Crippen LogP contribution < -0.4 is 0 Å². The van der Waals surface area contributed by atoms with Crippen LogP contribution in [0.25, 0.3) is 0 Å². The number of hydrogen-bond acceptors (Lipinski definition) is 4. The number of halogens is 1. The van der Waals surface area contributed by atoms with Gasteiger partial charge < -0.3 is 0 Å². The second kappa shape index (κ2) is 7.23. The average molecular weight is 325 g/mol. The predicted molar refractivity (Wildman–Crippen MR) is 83.7 cm³/mol. The maximum absolute atomic E-state index is 11.9. The molecule has 1 fully saturated rings. The molecule has 0 atom stereocenters. The summed E-state index contributed by atoms with van der Waals surface area (Å²) in [7, 11) is 0. The Morgan fingerprint density at radius 2 is 1.76 bits per heavy atom. The van der Waals surface area contributed by atoms with Crippen molar-refractivity contribution in [3.05, 3.63) is 29.3 Å². The predicted octanol–water partition coefficient (Wildman–Crippen LogP) is 3.58. The molecule has 0 unspecified atom stereocenters. The van der Waals surface area contributed by atoms with Crippen LogP contribution in [0.15, 0.2) is 29.2 Å². The molecule has 112 valence electrons. The Balaban J connectivity index is 1.82. The van der Waals surface area contributed by atoms with Gasteiger partial charge in [0.1, 0.15) is 11.7 Å². The van der Waals surface area contributed by atoms with Crippen LogP contribution in [-0.2, 0) is 14.4 Å². The maximum Gasteiger partial charge on any atom is 0.151 e. The smallest absolute Gasteiger partial charge is 0.151 e. The molecule has 0 radical (unpaired) electrons. The van der Waals surface area contributed by atoms with Crippen LogP contribution in [0.2, 0.25) is 5.02 Å². The monoisotopic (exact) mass is 324 g/mol. The van der Waals surface area contributed by atoms with E-state index in [0.29, 0.717) is 17.9 Å². The van der Waals surface area contributed by atoms with E-state index in [9.17, 15) is 14.4 Å². The van der Waals surface area contributed by atoms with Gasteiger partial charge >= 0.3 is 0 Å². The number of rotatable bonds is 5. The van der Waals surface area contributed by atoms with Crippen LogP contribution >= 0.6 is 23.4 Å². The van der Waals surface area contributed by atoms with Crippen molar-refractivity contribution in [1.29, 1.82) is 0 Å². The Kier molecular flexibility index (Phi) is 5.59. The van der Waals surface area contributed by atoms with Gasteiger partial charge in [0, 0.05) is 22.8 Å². The number of hydrogen-bond donors (Lipinski definition) is 0. The second-order valence-corrected chi connectivity index (χ2v) is 6.95. The molecule has 1 aliphatic rings. The highest BCUT2D eigenvalue weighted by Gasteiger charge is 2.37. The summed E-state index contributed by atoms with van der Waals surface area (Å²) in [4.78, 5) is 36.1. The van der Waals surface area contributed by atoms with Gasteiger partial charge in [0.2, 0.25) is 0 Å². The van der Waals surface area contributed by atoms with Crippen molar-refractivity contribution in [3.63, 3.8) is 0 Å². The van der Waals surface area contributed by atoms with Crippen molar-refractivity contribution in [2.45, 2.75) is 31.1 Å². The first-order chi connectivity index (χ1) is 9.97. The van der Waals surface area contributed by atoms with Crippen molar-refractivity contribution in [1.82, 2.24) is 0 Å². The van der Waals surface area contributed by atoms with Crippen molar-refractivity contribution < 1.29 is 14.4 Å². The number of carbonyl (C=O) groups excluding carboxylic acids is 3. The fourth-order valence-corrected chi connectivity index (χ4v) is 3.73. The average Bonchev–Trinajstić information content (AvgIpc) is 2.40. The molecule has 3 nitrogen and oxygen atoms in total. The molecule has 0 spiro atoms. The lowest BCUT2D eigenvalue weighted by Gasteiger charge is -2.24. The van der Waals surface area contributed by atoms with E-state index in [-0.39, 0.29) is 23.3 Å². The van der Waals surface area contributed by atoms with Crippen LogP contribution in [0.4, 0.5) is 0 Å². The molecule has 1 aliphatic carbocycles. The van der Waals surface area contributed by atoms with E-state index in [1.807, 2.05) is 24.3 Å². The third-order valence-corrected chi connectivity index (χ3v) is 4.94. The van der Waals surface area contributed by atoms with E-state index in [1.54, 1.807) is 11.8 Å². The first-order valence-electron chi connectivity index (χ1n) is 6.91. The maximum atomic E-state index is 11.9. The van der Waals surface area contributed by atoms with E-state index in [0.717, 1.165) is 17.1 Å². The van der Waals surface area contributed by atoms with Crippen LogP contribution in [0.1, 0.15) is 26.2 Å². The Bertz CT molecular complexity index is 535. The Morgan fingerprint density at radius 3 is 2.29 bits per heavy atom. The largest absolute Gasteiger partial charge is 0.299 e. The fourth-order valence-electron chi connectivity index (χ4n) is 2.59. The molecule has 0 amide bonds. The van der Waals surface area contributed by atoms with Crippen LogP contribution in [0.5, 0.6) is 0 Å². The quantitative estimate of drug-likeness (QED) is 0.613. The van der Waals surface area contributed by atoms with Crippen LogP contribution in [0.3, 0.4) is 0 Å². The molecule has 1 aromatic carbocycles. The molecule has 0 heterocycles. The van der Waals surface area contributed by atoms with E-state index in [2.05, 4.69) is 0 Å². The molecule has 0 aromatic heterocycles. The van der Waals surface area contributed by atoms with Gasteiger partial charge in [-0.2, -0.15) is 0 Å². The molecular formula is C16H17ClO3S. The Labute approximate surface area is 133 Å². The second-order valence-electron chi connectivity index (χ2n) is 5.34. The minimum Gasteiger partial charge on any atom is -0.299 e. The number of Topliss-reactive ketones (excluding diaryl/α,β-unsaturated/α-hetero) is 3. The van der Waals surface area contributed by atoms with Crippen molar-refractivity contribution in [3.8, 4) is 0 Å². The van der Waals surface area contributed by atoms with E-state index >= 15 is 0 Å². The van der Waals surface area contributed by atoms with Gasteiger partial charge in [-0.1, -0.05) is 11.6 Å². The highest BCUT2D eigenvalue weighted by atomic mass is 35.5. The van der Waals surface area contributed by atoms with E-state index in [1.165, 1.54) is 6.92 Å². The van der Waals surface area contributed by atoms with Gasteiger partial charge in [-0.25, -0.2) is 0 Å². The zero-order chi connectivity index (χ0) is 15.4. The Morgan fingerprint density at radius 1 is 1.19 bits per heavy atom. The number of benzene rings is 1. The minimum absolute atomic E-state index is 0.0698. The molecule has 21 heavy (non-hydrogen) atoms. The molecule has 0 saturated heterocycles. The molecule has 2 rings (SSSR count). The molecule has 0 aliphatic heterocycles. The first kappa shape index (κ1) is 16.2. The highest BCUT2D eigenvalue weighted by molar-refractivity contribution is 7.99. The van der Waals surface area contributed by atoms with Crippen LogP contribution in [0, 0.1) is 11.8 Å². The van der Waals surface area contributed by atoms with Gasteiger partial charge in [0.05, 0.1) is 0 Å². The van der Waals surface area contributed by atoms with Crippen molar-refractivity contribution >= 4 is 40.7 Å². The summed E-state index contributed by atoms with van der Waals surface area (Å²) < 4.78 is 0. The van der Waals surface area contributed by atoms with Gasteiger partial charge in [0.15, 0.2) is 11.6 Å². The number of ketones is 3. The molecule has 0 N–H and O–H groups in total. The molecule has 5 heteroatoms. The third-order valence-electron chi connectivity index (χ3n) is 3.64. The van der Waals surface area contributed by atoms with E-state index < -0.39 is 5.92 Å². The number of thioether (sulfide) groups is 1. The summed E-state index contributed by atoms with van der Waals surface area (Å²) in [5.74, 6) is -0.817. The van der Waals surface area contributed by atoms with Crippen molar-refractivity contribution in [2.75, 3.05) is 5.75 Å². The molecular weight excluding hydrogens is 308 g/mol. The lowest BCUT2D eigenvalue weighted by Crippen LogP contribution is -2.37. The number of carbonyl (C=O) groups is 3. The fraction of sp³-hybridized carbons (Fsp3) is 0.438. The summed E-state index contributed by atoms with van der Waals surface area (Å²) in [6, 6.07) is 7.59. The topological polar surface area (TPSA) is 51.2 Å². The summed E-state index contributed by atoms with van der Waals surface area (Å²) in [6.45, 7) is 1.32. The minimum atomic E-state index is -0.995. The van der Waals surface area contributed by atoms with Gasteiger partial charge in [-0.3, -0.25) is 14.4 Å². The highest BCUT2D eigenvalue weighted by Crippen LogP contribution is 2.29. The van der Waals surface area contributed by atoms with Gasteiger partial charge in [-0.05, 0) is 49.3 Å². The lowest BCUT2D eigenvalue weighted by atomic mass is 9.77. The third kappa shape index (κ3) is 4.42. The summed E-state index contributed by atoms with van der Waals surface area (Å²) in [6.07, 6.45) is 1.49. The van der Waals surface area contributed by atoms with E-state index in [4.69, 9.17) is 11.6 Å². The summed E-state index contributed by atoms with van der Waals surface area (Å²) in [5, 5.41) is 0.707. The van der Waals surface area contributed by atoms with Crippen LogP contribution in [-0.4, -0.2) is 23.1 Å². The Hall–Kier alpha value is -1.13. The normalized spacial score (nSPS) is 22.4. The first-order valence-corrected chi connectivity index (χ1v) is 8.28. The zero-order valence-corrected chi connectivity index (χ0v) is 13.4. The van der Waals surface area contributed by atoms with Crippen molar-refractivity contribution in [2.24, 2.45) is 11.8 Å². The molecule has 1 aromatic rings. The SMILES string of the molecule is CC(=O)C1C(=O)CC(CCSc2ccc(Cl)cc2)CC1=O. The van der Waals surface area contributed by atoms with Gasteiger partial charge in [-0.15, -0.1) is 11.8 Å². The molecule has 1 saturated carbocycles. The van der Waals surface area contributed by atoms with Gasteiger partial charge in [0.25, 0.3) is 0 Å². The molecule has 0 bridgehead atoms. The lowest BCUT2D eigenvalue weighted by molar-refractivity contribution is -0.142. The standard InChI is InChI=1S/C16H17ClO3S/c1-10(18)16-14(19)8-11(9-15(16)20)6-7-21-13-4-2-12(17)3-5-13/h2-5,11,16H,6-9H2,1H3.